The molecule has 0 aromatic carbocycles. The van der Waals surface area contributed by atoms with Crippen LogP contribution in [-0.2, 0) is 0 Å². The minimum Gasteiger partial charge on any atom is -0.392 e. The Morgan fingerprint density at radius 3 is 2.61 bits per heavy atom. The van der Waals surface area contributed by atoms with E-state index in [9.17, 15) is 9.90 Å². The summed E-state index contributed by atoms with van der Waals surface area (Å²) in [4.78, 5) is 32.1. The molecule has 36 heavy (non-hydrogen) atoms. The lowest BCUT2D eigenvalue weighted by Crippen LogP contribution is -2.45. The van der Waals surface area contributed by atoms with E-state index in [1.165, 1.54) is 0 Å². The van der Waals surface area contributed by atoms with Crippen molar-refractivity contribution in [1.82, 2.24) is 34.4 Å². The van der Waals surface area contributed by atoms with Crippen LogP contribution >= 0.6 is 0 Å². The minimum atomic E-state index is -0.357. The van der Waals surface area contributed by atoms with Gasteiger partial charge in [0.25, 0.3) is 0 Å². The first kappa shape index (κ1) is 22.8. The molecule has 186 valence electrons. The number of anilines is 1. The van der Waals surface area contributed by atoms with E-state index in [-0.39, 0.29) is 17.8 Å². The largest absolute Gasteiger partial charge is 0.392 e. The van der Waals surface area contributed by atoms with Crippen LogP contribution in [0, 0.1) is 0 Å². The molecule has 6 rings (SSSR count). The van der Waals surface area contributed by atoms with Gasteiger partial charge < -0.3 is 15.8 Å². The van der Waals surface area contributed by atoms with Crippen LogP contribution in [0.3, 0.4) is 0 Å². The molecule has 0 spiro atoms. The fourth-order valence-electron chi connectivity index (χ4n) is 6.09. The lowest BCUT2D eigenvalue weighted by atomic mass is 9.85. The number of carbonyl (C=O) groups is 1. The van der Waals surface area contributed by atoms with E-state index in [0.717, 1.165) is 48.2 Å². The number of fused-ring (bicyclic) bond motifs is 3. The highest BCUT2D eigenvalue weighted by atomic mass is 16.3. The van der Waals surface area contributed by atoms with Crippen LogP contribution in [0.4, 0.5) is 5.82 Å². The second-order valence-corrected chi connectivity index (χ2v) is 10.1. The number of pyridine rings is 1. The first-order chi connectivity index (χ1) is 17.4. The van der Waals surface area contributed by atoms with Gasteiger partial charge in [-0.1, -0.05) is 6.07 Å². The maximum atomic E-state index is 12.8. The number of H-pyrrole nitrogens is 1. The second kappa shape index (κ2) is 8.79. The number of nitrogens with zero attached hydrogens (tertiary/aromatic N) is 6. The monoisotopic (exact) mass is 486 g/mol. The molecule has 6 heterocycles. The summed E-state index contributed by atoms with van der Waals surface area (Å²) in [5.41, 5.74) is 10.8. The highest BCUT2D eigenvalue weighted by Crippen LogP contribution is 2.44. The third-order valence-electron chi connectivity index (χ3n) is 7.62. The summed E-state index contributed by atoms with van der Waals surface area (Å²) in [6.07, 6.45) is 10.6. The van der Waals surface area contributed by atoms with Crippen LogP contribution in [0.2, 0.25) is 0 Å². The van der Waals surface area contributed by atoms with Gasteiger partial charge in [0.05, 0.1) is 23.6 Å². The van der Waals surface area contributed by atoms with Crippen LogP contribution in [0.25, 0.3) is 28.3 Å². The van der Waals surface area contributed by atoms with Crippen LogP contribution in [0.15, 0.2) is 36.9 Å². The van der Waals surface area contributed by atoms with Crippen LogP contribution < -0.4 is 5.73 Å². The molecular formula is C26H30N8O2. The molecule has 2 fully saturated rings. The fraction of sp³-hybridized carbons (Fsp3) is 0.423. The number of imidazole rings is 1. The van der Waals surface area contributed by atoms with Gasteiger partial charge >= 0.3 is 0 Å². The average Bonchev–Trinajstić information content (AvgIpc) is 3.57. The first-order valence-electron chi connectivity index (χ1n) is 12.5. The Labute approximate surface area is 208 Å². The van der Waals surface area contributed by atoms with Crippen molar-refractivity contribution < 1.29 is 9.90 Å². The van der Waals surface area contributed by atoms with Gasteiger partial charge in [0.15, 0.2) is 17.3 Å². The summed E-state index contributed by atoms with van der Waals surface area (Å²) in [6.45, 7) is 4.07. The number of ketones is 1. The van der Waals surface area contributed by atoms with E-state index < -0.39 is 0 Å². The van der Waals surface area contributed by atoms with Crippen molar-refractivity contribution in [1.29, 1.82) is 0 Å². The Bertz CT molecular complexity index is 1400. The summed E-state index contributed by atoms with van der Waals surface area (Å²) in [5, 5.41) is 14.5. The van der Waals surface area contributed by atoms with Crippen molar-refractivity contribution in [3.05, 3.63) is 48.2 Å². The Morgan fingerprint density at radius 1 is 1.22 bits per heavy atom. The molecule has 4 aromatic rings. The van der Waals surface area contributed by atoms with Crippen molar-refractivity contribution in [3.8, 4) is 22.6 Å². The smallest absolute Gasteiger partial charge is 0.165 e. The molecular weight excluding hydrogens is 456 g/mol. The van der Waals surface area contributed by atoms with Gasteiger partial charge in [-0.15, -0.1) is 0 Å². The minimum absolute atomic E-state index is 0.0998. The Kier molecular flexibility index (Phi) is 5.57. The van der Waals surface area contributed by atoms with E-state index in [1.807, 2.05) is 19.1 Å². The number of Topliss-reactive ketones (excluding diaryl/α,β-unsaturated/α-hetero) is 1. The number of nitrogens with two attached hydrogens (primary N) is 1. The number of piperidine rings is 1. The molecule has 2 saturated heterocycles. The number of nitrogen functional groups attached to an aromatic ring is 1. The van der Waals surface area contributed by atoms with E-state index in [0.29, 0.717) is 41.5 Å². The van der Waals surface area contributed by atoms with Crippen LogP contribution in [0.5, 0.6) is 0 Å². The zero-order valence-electron chi connectivity index (χ0n) is 20.4. The number of aliphatic hydroxyl groups excluding tert-OH is 1. The average molecular weight is 487 g/mol. The number of aliphatic hydroxyl groups is 1. The number of hydrogen-bond acceptors (Lipinski definition) is 8. The molecule has 0 radical (unpaired) electrons. The van der Waals surface area contributed by atoms with Gasteiger partial charge in [0.2, 0.25) is 0 Å². The van der Waals surface area contributed by atoms with Gasteiger partial charge in [0.1, 0.15) is 11.5 Å². The number of rotatable bonds is 6. The Balaban J connectivity index is 1.40. The standard InChI is InChI=1S/C26H30N8O2/c1-14(35)13-33-18-4-5-19(33)10-17(9-18)23-22(15(2)36)24(27)34-26(32-23)20(12-31-34)16-3-6-21(30-11-16)25-28-7-8-29-25/h3,6-8,11-12,14,17-19,35H,4-5,9-10,13,27H2,1-2H3,(H,28,29)/t14-,17-,18+,19-/m0/s1. The molecule has 4 aromatic heterocycles. The van der Waals surface area contributed by atoms with E-state index in [1.54, 1.807) is 36.2 Å². The van der Waals surface area contributed by atoms with Crippen molar-refractivity contribution >= 4 is 17.2 Å². The molecule has 2 aliphatic heterocycles. The molecule has 0 amide bonds. The number of aromatic nitrogens is 6. The van der Waals surface area contributed by atoms with Gasteiger partial charge in [-0.3, -0.25) is 14.7 Å². The highest BCUT2D eigenvalue weighted by molar-refractivity contribution is 6.00. The summed E-state index contributed by atoms with van der Waals surface area (Å²) >= 11 is 0. The predicted molar refractivity (Wildman–Crippen MR) is 135 cm³/mol. The summed E-state index contributed by atoms with van der Waals surface area (Å²) in [7, 11) is 0. The zero-order valence-corrected chi connectivity index (χ0v) is 20.4. The number of carbonyl (C=O) groups excluding carboxylic acids is 1. The lowest BCUT2D eigenvalue weighted by Gasteiger charge is -2.39. The summed E-state index contributed by atoms with van der Waals surface area (Å²) in [6, 6.07) is 4.63. The highest BCUT2D eigenvalue weighted by Gasteiger charge is 2.43. The quantitative estimate of drug-likeness (QED) is 0.354. The number of hydrogen-bond donors (Lipinski definition) is 3. The molecule has 0 saturated carbocycles. The molecule has 4 atom stereocenters. The first-order valence-corrected chi connectivity index (χ1v) is 12.5. The molecule has 4 N–H and O–H groups in total. The summed E-state index contributed by atoms with van der Waals surface area (Å²) < 4.78 is 1.56. The maximum absolute atomic E-state index is 12.8. The molecule has 10 heteroatoms. The van der Waals surface area contributed by atoms with E-state index in [2.05, 4.69) is 25.0 Å². The third-order valence-corrected chi connectivity index (χ3v) is 7.62. The van der Waals surface area contributed by atoms with Gasteiger partial charge in [-0.25, -0.2) is 9.97 Å². The van der Waals surface area contributed by atoms with Crippen molar-refractivity contribution in [2.45, 2.75) is 63.6 Å². The fourth-order valence-corrected chi connectivity index (χ4v) is 6.09. The Hall–Kier alpha value is -3.63. The molecule has 0 unspecified atom stereocenters. The molecule has 2 bridgehead atoms. The van der Waals surface area contributed by atoms with E-state index >= 15 is 0 Å². The SMILES string of the molecule is CC(=O)c1c([C@H]2C[C@H]3CC[C@@H](C2)N3C[C@H](C)O)nc2c(-c3ccc(-c4ncc[nH]4)nc3)cnn2c1N. The molecule has 2 aliphatic rings. The van der Waals surface area contributed by atoms with Crippen LogP contribution in [0.1, 0.15) is 61.5 Å². The van der Waals surface area contributed by atoms with Crippen molar-refractivity contribution in [2.24, 2.45) is 0 Å². The predicted octanol–water partition coefficient (Wildman–Crippen LogP) is 3.06. The topological polar surface area (TPSA) is 138 Å². The third kappa shape index (κ3) is 3.77. The second-order valence-electron chi connectivity index (χ2n) is 10.1. The van der Waals surface area contributed by atoms with Crippen molar-refractivity contribution in [2.75, 3.05) is 12.3 Å². The van der Waals surface area contributed by atoms with Gasteiger partial charge in [-0.2, -0.15) is 9.61 Å². The lowest BCUT2D eigenvalue weighted by molar-refractivity contribution is 0.0637. The number of nitrogens with one attached hydrogen (secondary N) is 1. The van der Waals surface area contributed by atoms with Crippen molar-refractivity contribution in [3.63, 3.8) is 0 Å². The van der Waals surface area contributed by atoms with Crippen LogP contribution in [-0.4, -0.2) is 70.1 Å². The normalized spacial score (nSPS) is 22.8. The zero-order chi connectivity index (χ0) is 25.0. The maximum Gasteiger partial charge on any atom is 0.165 e. The Morgan fingerprint density at radius 2 is 2.00 bits per heavy atom. The summed E-state index contributed by atoms with van der Waals surface area (Å²) in [5.74, 6) is 1.06. The molecule has 0 aliphatic carbocycles. The molecule has 10 nitrogen and oxygen atoms in total. The van der Waals surface area contributed by atoms with E-state index in [4.69, 9.17) is 10.7 Å². The van der Waals surface area contributed by atoms with Gasteiger partial charge in [0, 0.05) is 54.3 Å². The van der Waals surface area contributed by atoms with Gasteiger partial charge in [-0.05, 0) is 45.6 Å². The number of aromatic amines is 1.